The number of nitrogens with zero attached hydrogens (tertiary/aromatic N) is 2. The second-order valence-electron chi connectivity index (χ2n) is 9.52. The van der Waals surface area contributed by atoms with Gasteiger partial charge in [-0.15, -0.1) is 0 Å². The number of carbonyl (C=O) groups is 2. The van der Waals surface area contributed by atoms with Gasteiger partial charge in [0.05, 0.1) is 11.7 Å². The number of aromatic nitrogens is 2. The molecule has 0 aliphatic carbocycles. The van der Waals surface area contributed by atoms with Crippen LogP contribution >= 0.6 is 11.6 Å². The molecule has 4 rings (SSSR count). The van der Waals surface area contributed by atoms with Crippen molar-refractivity contribution in [1.82, 2.24) is 15.1 Å². The maximum Gasteiger partial charge on any atom is 0.435 e. The highest BCUT2D eigenvalue weighted by molar-refractivity contribution is 6.30. The van der Waals surface area contributed by atoms with Gasteiger partial charge < -0.3 is 14.8 Å². The molecule has 186 valence electrons. The lowest BCUT2D eigenvalue weighted by Crippen LogP contribution is -2.41. The fourth-order valence-electron chi connectivity index (χ4n) is 4.08. The highest BCUT2D eigenvalue weighted by atomic mass is 35.5. The lowest BCUT2D eigenvalue weighted by Gasteiger charge is -2.31. The lowest BCUT2D eigenvalue weighted by molar-refractivity contribution is 0.0522. The molecule has 0 bridgehead atoms. The summed E-state index contributed by atoms with van der Waals surface area (Å²) in [6.45, 7) is 6.11. The third kappa shape index (κ3) is 6.29. The molecule has 1 saturated heterocycles. The summed E-state index contributed by atoms with van der Waals surface area (Å²) in [7, 11) is 0. The zero-order valence-corrected chi connectivity index (χ0v) is 20.6. The van der Waals surface area contributed by atoms with Crippen LogP contribution in [0.15, 0.2) is 42.6 Å². The Morgan fingerprint density at radius 2 is 2.03 bits per heavy atom. The van der Waals surface area contributed by atoms with E-state index >= 15 is 0 Å². The first kappa shape index (κ1) is 24.9. The summed E-state index contributed by atoms with van der Waals surface area (Å²) in [5.74, 6) is -0.496. The van der Waals surface area contributed by atoms with Crippen LogP contribution in [0.25, 0.3) is 10.9 Å². The van der Waals surface area contributed by atoms with Crippen molar-refractivity contribution in [3.63, 3.8) is 0 Å². The number of benzene rings is 2. The number of halogens is 2. The molecule has 2 atom stereocenters. The fraction of sp³-hybridized carbons (Fsp3) is 0.400. The fourth-order valence-corrected chi connectivity index (χ4v) is 4.31. The Bertz CT molecular complexity index is 1210. The summed E-state index contributed by atoms with van der Waals surface area (Å²) < 4.78 is 26.3. The van der Waals surface area contributed by atoms with E-state index in [0.717, 1.165) is 25.8 Å². The molecule has 1 aliphatic rings. The van der Waals surface area contributed by atoms with Crippen LogP contribution in [-0.4, -0.2) is 40.2 Å². The Hall–Kier alpha value is -3.17. The lowest BCUT2D eigenvalue weighted by atomic mass is 9.94. The minimum absolute atomic E-state index is 0.165. The molecule has 8 nitrogen and oxygen atoms in total. The molecular formula is C25H28ClFN4O4. The molecule has 1 aliphatic heterocycles. The minimum atomic E-state index is -0.720. The van der Waals surface area contributed by atoms with E-state index in [-0.39, 0.29) is 11.1 Å². The Morgan fingerprint density at radius 3 is 2.71 bits per heavy atom. The third-order valence-electron chi connectivity index (χ3n) is 5.54. The van der Waals surface area contributed by atoms with E-state index in [1.54, 1.807) is 45.0 Å². The van der Waals surface area contributed by atoms with Crippen LogP contribution in [0.2, 0.25) is 5.02 Å². The summed E-state index contributed by atoms with van der Waals surface area (Å²) in [4.78, 5) is 25.2. The summed E-state index contributed by atoms with van der Waals surface area (Å²) >= 11 is 6.06. The number of fused-ring (bicyclic) bond motifs is 1. The molecule has 0 spiro atoms. The highest BCUT2D eigenvalue weighted by Gasteiger charge is 2.29. The van der Waals surface area contributed by atoms with E-state index in [1.807, 2.05) is 0 Å². The number of anilines is 1. The van der Waals surface area contributed by atoms with Gasteiger partial charge in [0, 0.05) is 22.1 Å². The van der Waals surface area contributed by atoms with Gasteiger partial charge in [0.15, 0.2) is 0 Å². The van der Waals surface area contributed by atoms with Gasteiger partial charge in [-0.05, 0) is 82.1 Å². The van der Waals surface area contributed by atoms with Crippen LogP contribution in [0.3, 0.4) is 0 Å². The number of carbonyl (C=O) groups excluding carboxylic acids is 2. The Labute approximate surface area is 207 Å². The molecule has 10 heteroatoms. The Kier molecular flexibility index (Phi) is 7.28. The van der Waals surface area contributed by atoms with Gasteiger partial charge in [-0.3, -0.25) is 5.32 Å². The van der Waals surface area contributed by atoms with Gasteiger partial charge in [-0.1, -0.05) is 18.0 Å². The first-order chi connectivity index (χ1) is 16.6. The number of hydrogen-bond acceptors (Lipinski definition) is 6. The van der Waals surface area contributed by atoms with Crippen molar-refractivity contribution in [3.05, 3.63) is 59.0 Å². The molecule has 1 amide bonds. The van der Waals surface area contributed by atoms with Gasteiger partial charge >= 0.3 is 12.2 Å². The van der Waals surface area contributed by atoms with Crippen molar-refractivity contribution in [1.29, 1.82) is 0 Å². The summed E-state index contributed by atoms with van der Waals surface area (Å²) in [6.07, 6.45) is 2.28. The summed E-state index contributed by atoms with van der Waals surface area (Å²) in [5.41, 5.74) is 0.824. The van der Waals surface area contributed by atoms with Crippen LogP contribution in [-0.2, 0) is 9.47 Å². The molecule has 2 aromatic carbocycles. The quantitative estimate of drug-likeness (QED) is 0.451. The van der Waals surface area contributed by atoms with E-state index in [2.05, 4.69) is 15.7 Å². The van der Waals surface area contributed by atoms with Crippen molar-refractivity contribution in [2.45, 2.75) is 57.8 Å². The SMILES string of the molecule is CC(C)(C)OC(=O)n1ncc2cc(NC(=O)O[C@H](c3cc(F)cc(Cl)c3)[C@H]3CCCCN3)ccc21. The molecule has 3 aromatic rings. The summed E-state index contributed by atoms with van der Waals surface area (Å²) in [6, 6.07) is 8.96. The van der Waals surface area contributed by atoms with E-state index in [0.29, 0.717) is 22.2 Å². The van der Waals surface area contributed by atoms with Crippen LogP contribution in [0.4, 0.5) is 19.7 Å². The van der Waals surface area contributed by atoms with Gasteiger partial charge in [0.1, 0.15) is 17.5 Å². The van der Waals surface area contributed by atoms with Crippen molar-refractivity contribution in [2.75, 3.05) is 11.9 Å². The second kappa shape index (κ2) is 10.2. The first-order valence-corrected chi connectivity index (χ1v) is 11.8. The Morgan fingerprint density at radius 1 is 1.23 bits per heavy atom. The smallest absolute Gasteiger partial charge is 0.435 e. The number of nitrogens with one attached hydrogen (secondary N) is 2. The van der Waals surface area contributed by atoms with Crippen LogP contribution in [0, 0.1) is 5.82 Å². The molecule has 0 saturated carbocycles. The van der Waals surface area contributed by atoms with Crippen LogP contribution in [0.1, 0.15) is 51.7 Å². The van der Waals surface area contributed by atoms with Crippen molar-refractivity contribution in [3.8, 4) is 0 Å². The maximum atomic E-state index is 14.0. The maximum absolute atomic E-state index is 14.0. The second-order valence-corrected chi connectivity index (χ2v) is 9.96. The predicted molar refractivity (Wildman–Crippen MR) is 131 cm³/mol. The number of hydrogen-bond donors (Lipinski definition) is 2. The van der Waals surface area contributed by atoms with Crippen LogP contribution in [0.5, 0.6) is 0 Å². The molecular weight excluding hydrogens is 475 g/mol. The average Bonchev–Trinajstić information content (AvgIpc) is 3.20. The van der Waals surface area contributed by atoms with Gasteiger partial charge in [0.2, 0.25) is 0 Å². The third-order valence-corrected chi connectivity index (χ3v) is 5.76. The molecule has 0 unspecified atom stereocenters. The first-order valence-electron chi connectivity index (χ1n) is 11.5. The average molecular weight is 503 g/mol. The normalized spacial score (nSPS) is 17.1. The zero-order chi connectivity index (χ0) is 25.2. The molecule has 2 N–H and O–H groups in total. The largest absolute Gasteiger partial charge is 0.442 e. The van der Waals surface area contributed by atoms with Gasteiger partial charge in [-0.25, -0.2) is 14.0 Å². The highest BCUT2D eigenvalue weighted by Crippen LogP contribution is 2.30. The van der Waals surface area contributed by atoms with E-state index in [1.165, 1.54) is 23.0 Å². The van der Waals surface area contributed by atoms with Crippen molar-refractivity contribution in [2.24, 2.45) is 0 Å². The van der Waals surface area contributed by atoms with Crippen molar-refractivity contribution < 1.29 is 23.5 Å². The number of ether oxygens (including phenoxy) is 2. The number of rotatable bonds is 4. The van der Waals surface area contributed by atoms with E-state index in [4.69, 9.17) is 21.1 Å². The number of piperidine rings is 1. The topological polar surface area (TPSA) is 94.5 Å². The molecule has 1 aromatic heterocycles. The minimum Gasteiger partial charge on any atom is -0.442 e. The Balaban J connectivity index is 1.51. The number of amides is 1. The standard InChI is InChI=1S/C25H28ClFN4O4/c1-25(2,3)35-24(33)31-21-8-7-19(12-16(21)14-29-31)30-23(32)34-22(20-6-4-5-9-28-20)15-10-17(26)13-18(27)11-15/h7-8,10-14,20,22,28H,4-6,9H2,1-3H3,(H,30,32)/t20-,22-/m1/s1. The van der Waals surface area contributed by atoms with E-state index in [9.17, 15) is 14.0 Å². The monoisotopic (exact) mass is 502 g/mol. The van der Waals surface area contributed by atoms with Crippen molar-refractivity contribution >= 4 is 40.4 Å². The van der Waals surface area contributed by atoms with Crippen LogP contribution < -0.4 is 10.6 Å². The molecule has 2 heterocycles. The molecule has 0 radical (unpaired) electrons. The molecule has 1 fully saturated rings. The molecule has 35 heavy (non-hydrogen) atoms. The van der Waals surface area contributed by atoms with Gasteiger partial charge in [0.25, 0.3) is 0 Å². The van der Waals surface area contributed by atoms with E-state index < -0.39 is 29.7 Å². The zero-order valence-electron chi connectivity index (χ0n) is 19.8. The predicted octanol–water partition coefficient (Wildman–Crippen LogP) is 6.04. The summed E-state index contributed by atoms with van der Waals surface area (Å²) in [5, 5.41) is 11.0. The van der Waals surface area contributed by atoms with Gasteiger partial charge in [-0.2, -0.15) is 9.78 Å².